The molecule has 3 saturated carbocycles. The van der Waals surface area contributed by atoms with Crippen molar-refractivity contribution in [2.24, 2.45) is 46.3 Å². The summed E-state index contributed by atoms with van der Waals surface area (Å²) in [5.41, 5.74) is 0.684. The maximum Gasteiger partial charge on any atom is 0.220 e. The van der Waals surface area contributed by atoms with Crippen molar-refractivity contribution in [3.63, 3.8) is 0 Å². The molecule has 3 heteroatoms. The smallest absolute Gasteiger partial charge is 0.220 e. The van der Waals surface area contributed by atoms with Gasteiger partial charge in [0.05, 0.1) is 0 Å². The average Bonchev–Trinajstić information content (AvgIpc) is 2.97. The van der Waals surface area contributed by atoms with Crippen LogP contribution in [-0.4, -0.2) is 17.3 Å². The van der Waals surface area contributed by atoms with E-state index in [1.54, 1.807) is 0 Å². The number of rotatable bonds is 5. The van der Waals surface area contributed by atoms with Crippen LogP contribution in [-0.2, 0) is 4.79 Å². The molecule has 1 aliphatic heterocycles. The largest absolute Gasteiger partial charge is 0.353 e. The number of carbonyl (C=O) groups is 1. The summed E-state index contributed by atoms with van der Waals surface area (Å²) in [5, 5.41) is 3.68. The highest BCUT2D eigenvalue weighted by atomic mass is 35.5. The number of hydrogen-bond acceptors (Lipinski definition) is 1. The number of amides is 1. The molecule has 0 bridgehead atoms. The summed E-state index contributed by atoms with van der Waals surface area (Å²) in [6, 6.07) is 0.285. The SMILES string of the molecule is CC(C)CCCC(C)C1CCC2C3CC(=O)NC4CC(Cl)CCC4(C)C3CCC12C. The minimum atomic E-state index is 0.233. The van der Waals surface area contributed by atoms with Gasteiger partial charge in [-0.2, -0.15) is 0 Å². The predicted molar refractivity (Wildman–Crippen MR) is 127 cm³/mol. The van der Waals surface area contributed by atoms with Gasteiger partial charge >= 0.3 is 0 Å². The number of nitrogens with one attached hydrogen (secondary N) is 1. The van der Waals surface area contributed by atoms with Crippen molar-refractivity contribution >= 4 is 17.5 Å². The lowest BCUT2D eigenvalue weighted by molar-refractivity contribution is -0.123. The van der Waals surface area contributed by atoms with Crippen LogP contribution in [0, 0.1) is 46.3 Å². The summed E-state index contributed by atoms with van der Waals surface area (Å²) in [5.74, 6) is 4.82. The van der Waals surface area contributed by atoms with E-state index in [-0.39, 0.29) is 16.8 Å². The first-order valence-electron chi connectivity index (χ1n) is 13.1. The molecule has 9 unspecified atom stereocenters. The Labute approximate surface area is 190 Å². The fourth-order valence-electron chi connectivity index (χ4n) is 8.84. The van der Waals surface area contributed by atoms with E-state index in [0.29, 0.717) is 23.2 Å². The maximum absolute atomic E-state index is 13.0. The molecule has 4 aliphatic rings. The van der Waals surface area contributed by atoms with E-state index in [2.05, 4.69) is 39.9 Å². The molecule has 1 saturated heterocycles. The molecule has 0 radical (unpaired) electrons. The summed E-state index contributed by atoms with van der Waals surface area (Å²) in [4.78, 5) is 13.0. The van der Waals surface area contributed by atoms with Crippen LogP contribution in [0.3, 0.4) is 0 Å². The Morgan fingerprint density at radius 3 is 2.43 bits per heavy atom. The Hall–Kier alpha value is -0.240. The van der Waals surface area contributed by atoms with Gasteiger partial charge < -0.3 is 5.32 Å². The highest BCUT2D eigenvalue weighted by Crippen LogP contribution is 2.65. The standard InChI is InChI=1S/C27H46ClNO/c1-17(2)7-6-8-18(3)21-9-10-22-20-16-25(30)29-24-15-19(28)11-13-27(24,5)23(20)12-14-26(21,22)4/h17-24H,6-16H2,1-5H3,(H,29,30). The summed E-state index contributed by atoms with van der Waals surface area (Å²) < 4.78 is 0. The lowest BCUT2D eigenvalue weighted by atomic mass is 9.49. The lowest BCUT2D eigenvalue weighted by Gasteiger charge is -2.56. The van der Waals surface area contributed by atoms with Gasteiger partial charge in [0.25, 0.3) is 0 Å². The molecule has 4 rings (SSSR count). The van der Waals surface area contributed by atoms with Gasteiger partial charge in [-0.1, -0.05) is 53.9 Å². The normalized spacial score (nSPS) is 47.1. The maximum atomic E-state index is 13.0. The van der Waals surface area contributed by atoms with E-state index >= 15 is 0 Å². The van der Waals surface area contributed by atoms with E-state index in [9.17, 15) is 4.79 Å². The second-order valence-electron chi connectivity index (χ2n) is 12.6. The monoisotopic (exact) mass is 435 g/mol. The molecular formula is C27H46ClNO. The summed E-state index contributed by atoms with van der Waals surface area (Å²) in [7, 11) is 0. The van der Waals surface area contributed by atoms with Gasteiger partial charge in [-0.25, -0.2) is 0 Å². The molecule has 4 fully saturated rings. The van der Waals surface area contributed by atoms with Crippen LogP contribution in [0.5, 0.6) is 0 Å². The van der Waals surface area contributed by atoms with Crippen LogP contribution in [0.25, 0.3) is 0 Å². The second-order valence-corrected chi connectivity index (χ2v) is 13.2. The minimum absolute atomic E-state index is 0.233. The third-order valence-corrected chi connectivity index (χ3v) is 10.9. The quantitative estimate of drug-likeness (QED) is 0.454. The zero-order valence-corrected chi connectivity index (χ0v) is 20.9. The van der Waals surface area contributed by atoms with Crippen LogP contribution in [0.2, 0.25) is 0 Å². The molecule has 0 aromatic carbocycles. The Morgan fingerprint density at radius 1 is 1.00 bits per heavy atom. The third kappa shape index (κ3) is 3.97. The van der Waals surface area contributed by atoms with Crippen LogP contribution >= 0.6 is 11.6 Å². The fourth-order valence-corrected chi connectivity index (χ4v) is 9.12. The molecule has 172 valence electrons. The van der Waals surface area contributed by atoms with Crippen molar-refractivity contribution in [2.75, 3.05) is 0 Å². The van der Waals surface area contributed by atoms with E-state index in [1.165, 1.54) is 51.4 Å². The van der Waals surface area contributed by atoms with Gasteiger partial charge in [0.2, 0.25) is 5.91 Å². The number of hydrogen-bond donors (Lipinski definition) is 1. The lowest BCUT2D eigenvalue weighted by Crippen LogP contribution is -2.54. The van der Waals surface area contributed by atoms with Crippen LogP contribution in [0.1, 0.15) is 105 Å². The Kier molecular flexibility index (Phi) is 6.58. The van der Waals surface area contributed by atoms with Gasteiger partial charge in [0, 0.05) is 17.8 Å². The fraction of sp³-hybridized carbons (Fsp3) is 0.963. The van der Waals surface area contributed by atoms with Crippen molar-refractivity contribution in [1.29, 1.82) is 0 Å². The summed E-state index contributed by atoms with van der Waals surface area (Å²) >= 11 is 6.55. The van der Waals surface area contributed by atoms with Crippen molar-refractivity contribution < 1.29 is 4.79 Å². The number of fused-ring (bicyclic) bond motifs is 5. The summed E-state index contributed by atoms with van der Waals surface area (Å²) in [6.07, 6.45) is 13.6. The molecule has 3 aliphatic carbocycles. The third-order valence-electron chi connectivity index (χ3n) is 10.5. The van der Waals surface area contributed by atoms with Gasteiger partial charge in [-0.15, -0.1) is 11.6 Å². The van der Waals surface area contributed by atoms with E-state index in [0.717, 1.165) is 42.9 Å². The van der Waals surface area contributed by atoms with Gasteiger partial charge in [-0.05, 0) is 91.3 Å². The minimum Gasteiger partial charge on any atom is -0.353 e. The first-order valence-corrected chi connectivity index (χ1v) is 13.5. The molecule has 2 nitrogen and oxygen atoms in total. The van der Waals surface area contributed by atoms with Crippen molar-refractivity contribution in [2.45, 2.75) is 117 Å². The first kappa shape index (κ1) is 22.9. The van der Waals surface area contributed by atoms with E-state index in [1.807, 2.05) is 0 Å². The van der Waals surface area contributed by atoms with Gasteiger partial charge in [0.1, 0.15) is 0 Å². The zero-order valence-electron chi connectivity index (χ0n) is 20.2. The second kappa shape index (κ2) is 8.60. The van der Waals surface area contributed by atoms with Crippen LogP contribution < -0.4 is 5.32 Å². The molecule has 9 atom stereocenters. The van der Waals surface area contributed by atoms with Crippen molar-refractivity contribution in [1.82, 2.24) is 5.32 Å². The molecule has 0 aromatic rings. The summed E-state index contributed by atoms with van der Waals surface area (Å²) in [6.45, 7) is 12.3. The molecule has 1 heterocycles. The molecule has 0 spiro atoms. The van der Waals surface area contributed by atoms with E-state index in [4.69, 9.17) is 11.6 Å². The van der Waals surface area contributed by atoms with Crippen LogP contribution in [0.15, 0.2) is 0 Å². The highest BCUT2D eigenvalue weighted by molar-refractivity contribution is 6.20. The molecular weight excluding hydrogens is 390 g/mol. The van der Waals surface area contributed by atoms with Crippen molar-refractivity contribution in [3.8, 4) is 0 Å². The van der Waals surface area contributed by atoms with Gasteiger partial charge in [0.15, 0.2) is 0 Å². The number of carbonyl (C=O) groups excluding carboxylic acids is 1. The molecule has 1 N–H and O–H groups in total. The Morgan fingerprint density at radius 2 is 1.70 bits per heavy atom. The topological polar surface area (TPSA) is 29.1 Å². The van der Waals surface area contributed by atoms with Crippen molar-refractivity contribution in [3.05, 3.63) is 0 Å². The predicted octanol–water partition coefficient (Wildman–Crippen LogP) is 7.19. The zero-order chi connectivity index (χ0) is 21.7. The molecule has 1 amide bonds. The first-order chi connectivity index (χ1) is 14.1. The number of halogens is 1. The van der Waals surface area contributed by atoms with Gasteiger partial charge in [-0.3, -0.25) is 4.79 Å². The van der Waals surface area contributed by atoms with E-state index < -0.39 is 0 Å². The number of alkyl halides is 1. The Bertz CT molecular complexity index is 634. The average molecular weight is 436 g/mol. The highest BCUT2D eigenvalue weighted by Gasteiger charge is 2.60. The van der Waals surface area contributed by atoms with Crippen LogP contribution in [0.4, 0.5) is 0 Å². The molecule has 0 aromatic heterocycles. The molecule has 30 heavy (non-hydrogen) atoms. The Balaban J connectivity index is 1.53.